The summed E-state index contributed by atoms with van der Waals surface area (Å²) in [4.78, 5) is 11.8. The van der Waals surface area contributed by atoms with E-state index in [-0.39, 0.29) is 5.69 Å². The molecule has 0 aliphatic carbocycles. The molecule has 1 N–H and O–H groups in total. The van der Waals surface area contributed by atoms with Gasteiger partial charge in [0.15, 0.2) is 5.69 Å². The van der Waals surface area contributed by atoms with Crippen molar-refractivity contribution in [2.45, 2.75) is 6.92 Å². The molecule has 0 radical (unpaired) electrons. The van der Waals surface area contributed by atoms with Crippen LogP contribution in [0.3, 0.4) is 0 Å². The fourth-order valence-electron chi connectivity index (χ4n) is 1.86. The topological polar surface area (TPSA) is 93.7 Å². The first-order chi connectivity index (χ1) is 10.3. The van der Waals surface area contributed by atoms with Crippen LogP contribution in [0.4, 0.5) is 0 Å². The lowest BCUT2D eigenvalue weighted by Gasteiger charge is -2.02. The third-order valence-corrected chi connectivity index (χ3v) is 3.34. The number of hydrogen-bond acceptors (Lipinski definition) is 7. The second-order valence-electron chi connectivity index (χ2n) is 4.11. The normalized spacial score (nSPS) is 10.5. The number of rotatable bonds is 4. The van der Waals surface area contributed by atoms with Crippen LogP contribution in [0.2, 0.25) is 0 Å². The molecule has 0 saturated heterocycles. The van der Waals surface area contributed by atoms with E-state index in [2.05, 4.69) is 25.0 Å². The summed E-state index contributed by atoms with van der Waals surface area (Å²) in [6.45, 7) is 2.04. The van der Waals surface area contributed by atoms with Crippen LogP contribution >= 0.6 is 11.5 Å². The van der Waals surface area contributed by atoms with Crippen molar-refractivity contribution in [2.24, 2.45) is 0 Å². The molecule has 106 valence electrons. The van der Waals surface area contributed by atoms with Gasteiger partial charge in [-0.3, -0.25) is 0 Å². The second-order valence-corrected chi connectivity index (χ2v) is 4.72. The van der Waals surface area contributed by atoms with Gasteiger partial charge in [-0.2, -0.15) is 10.3 Å². The third-order valence-electron chi connectivity index (χ3n) is 2.83. The van der Waals surface area contributed by atoms with Gasteiger partial charge >= 0.3 is 5.97 Å². The van der Waals surface area contributed by atoms with Crippen molar-refractivity contribution in [3.8, 4) is 22.5 Å². The fraction of sp³-hybridized carbons (Fsp3) is 0.154. The Bertz CT molecular complexity index is 736. The van der Waals surface area contributed by atoms with Gasteiger partial charge in [0.25, 0.3) is 0 Å². The molecule has 0 aliphatic heterocycles. The van der Waals surface area contributed by atoms with Gasteiger partial charge < -0.3 is 4.74 Å². The standard InChI is InChI=1S/C13H11N5O2S/c1-2-20-13(19)12-11(15-17-16-12)9-5-3-8(4-6-9)10-7-21-18-14-10/h3-7H,2H2,1H3,(H,15,16,17). The number of nitrogens with zero attached hydrogens (tertiary/aromatic N) is 4. The molecule has 8 heteroatoms. The zero-order chi connectivity index (χ0) is 14.7. The number of aromatic amines is 1. The van der Waals surface area contributed by atoms with Gasteiger partial charge in [-0.05, 0) is 18.5 Å². The maximum Gasteiger partial charge on any atom is 0.361 e. The average Bonchev–Trinajstić information content (AvgIpc) is 3.19. The molecule has 2 heterocycles. The van der Waals surface area contributed by atoms with E-state index in [1.54, 1.807) is 6.92 Å². The highest BCUT2D eigenvalue weighted by atomic mass is 32.1. The molecule has 0 fully saturated rings. The second kappa shape index (κ2) is 5.80. The number of esters is 1. The Morgan fingerprint density at radius 1 is 1.24 bits per heavy atom. The van der Waals surface area contributed by atoms with Crippen molar-refractivity contribution in [2.75, 3.05) is 6.61 Å². The Balaban J connectivity index is 1.91. The van der Waals surface area contributed by atoms with E-state index in [1.807, 2.05) is 29.6 Å². The van der Waals surface area contributed by atoms with Crippen LogP contribution in [-0.2, 0) is 4.74 Å². The number of carbonyl (C=O) groups is 1. The van der Waals surface area contributed by atoms with Crippen LogP contribution in [0.25, 0.3) is 22.5 Å². The highest BCUT2D eigenvalue weighted by Gasteiger charge is 2.18. The number of hydrogen-bond donors (Lipinski definition) is 1. The average molecular weight is 301 g/mol. The molecular weight excluding hydrogens is 290 g/mol. The zero-order valence-electron chi connectivity index (χ0n) is 11.1. The van der Waals surface area contributed by atoms with Crippen molar-refractivity contribution >= 4 is 17.5 Å². The van der Waals surface area contributed by atoms with Crippen molar-refractivity contribution in [1.29, 1.82) is 0 Å². The van der Waals surface area contributed by atoms with E-state index in [9.17, 15) is 4.79 Å². The highest BCUT2D eigenvalue weighted by Crippen LogP contribution is 2.24. The van der Waals surface area contributed by atoms with Crippen LogP contribution in [0.15, 0.2) is 29.6 Å². The summed E-state index contributed by atoms with van der Waals surface area (Å²) < 4.78 is 8.78. The quantitative estimate of drug-likeness (QED) is 0.742. The lowest BCUT2D eigenvalue weighted by atomic mass is 10.1. The first kappa shape index (κ1) is 13.4. The first-order valence-corrected chi connectivity index (χ1v) is 7.09. The molecule has 7 nitrogen and oxygen atoms in total. The summed E-state index contributed by atoms with van der Waals surface area (Å²) >= 11 is 1.30. The lowest BCUT2D eigenvalue weighted by Crippen LogP contribution is -2.06. The minimum absolute atomic E-state index is 0.180. The Morgan fingerprint density at radius 3 is 2.67 bits per heavy atom. The predicted octanol–water partition coefficient (Wildman–Crippen LogP) is 2.17. The van der Waals surface area contributed by atoms with Crippen molar-refractivity contribution < 1.29 is 9.53 Å². The summed E-state index contributed by atoms with van der Waals surface area (Å²) in [6.07, 6.45) is 0. The summed E-state index contributed by atoms with van der Waals surface area (Å²) in [5.74, 6) is -0.492. The smallest absolute Gasteiger partial charge is 0.361 e. The zero-order valence-corrected chi connectivity index (χ0v) is 11.9. The predicted molar refractivity (Wildman–Crippen MR) is 76.7 cm³/mol. The minimum Gasteiger partial charge on any atom is -0.461 e. The van der Waals surface area contributed by atoms with Gasteiger partial charge in [0.1, 0.15) is 11.4 Å². The van der Waals surface area contributed by atoms with Crippen LogP contribution in [0, 0.1) is 0 Å². The van der Waals surface area contributed by atoms with Gasteiger partial charge in [-0.15, -0.1) is 10.2 Å². The largest absolute Gasteiger partial charge is 0.461 e. The number of nitrogens with one attached hydrogen (secondary N) is 1. The molecule has 21 heavy (non-hydrogen) atoms. The number of ether oxygens (including phenoxy) is 1. The molecule has 0 bridgehead atoms. The van der Waals surface area contributed by atoms with Gasteiger partial charge in [0.05, 0.1) is 6.61 Å². The molecule has 3 aromatic rings. The number of carbonyl (C=O) groups excluding carboxylic acids is 1. The monoisotopic (exact) mass is 301 g/mol. The van der Waals surface area contributed by atoms with E-state index in [1.165, 1.54) is 11.5 Å². The van der Waals surface area contributed by atoms with Gasteiger partial charge in [-0.1, -0.05) is 28.8 Å². The molecule has 0 spiro atoms. The molecule has 3 rings (SSSR count). The number of aromatic nitrogens is 5. The van der Waals surface area contributed by atoms with E-state index in [0.717, 1.165) is 16.8 Å². The number of H-pyrrole nitrogens is 1. The van der Waals surface area contributed by atoms with E-state index < -0.39 is 5.97 Å². The van der Waals surface area contributed by atoms with Crippen molar-refractivity contribution in [3.05, 3.63) is 35.3 Å². The molecule has 0 aliphatic rings. The van der Waals surface area contributed by atoms with Gasteiger partial charge in [-0.25, -0.2) is 4.79 Å². The molecule has 2 aromatic heterocycles. The highest BCUT2D eigenvalue weighted by molar-refractivity contribution is 7.03. The summed E-state index contributed by atoms with van der Waals surface area (Å²) in [6, 6.07) is 7.51. The summed E-state index contributed by atoms with van der Waals surface area (Å²) in [5.41, 5.74) is 3.20. The summed E-state index contributed by atoms with van der Waals surface area (Å²) in [5, 5.41) is 16.2. The molecule has 0 saturated carbocycles. The molecule has 0 amide bonds. The Morgan fingerprint density at radius 2 is 2.00 bits per heavy atom. The Labute approximate surface area is 124 Å². The first-order valence-electron chi connectivity index (χ1n) is 6.25. The third kappa shape index (κ3) is 2.65. The van der Waals surface area contributed by atoms with Gasteiger partial charge in [0.2, 0.25) is 0 Å². The molecular formula is C13H11N5O2S. The summed E-state index contributed by atoms with van der Waals surface area (Å²) in [7, 11) is 0. The van der Waals surface area contributed by atoms with Crippen LogP contribution < -0.4 is 0 Å². The van der Waals surface area contributed by atoms with Crippen molar-refractivity contribution in [1.82, 2.24) is 25.0 Å². The molecule has 0 unspecified atom stereocenters. The van der Waals surface area contributed by atoms with Crippen LogP contribution in [0.5, 0.6) is 0 Å². The van der Waals surface area contributed by atoms with Crippen molar-refractivity contribution in [3.63, 3.8) is 0 Å². The maximum absolute atomic E-state index is 11.8. The molecule has 1 aromatic carbocycles. The lowest BCUT2D eigenvalue weighted by molar-refractivity contribution is 0.0520. The fourth-order valence-corrected chi connectivity index (χ4v) is 2.33. The van der Waals surface area contributed by atoms with E-state index in [4.69, 9.17) is 4.74 Å². The molecule has 0 atom stereocenters. The van der Waals surface area contributed by atoms with Crippen LogP contribution in [0.1, 0.15) is 17.4 Å². The SMILES string of the molecule is CCOC(=O)c1n[nH]nc1-c1ccc(-c2csnn2)cc1. The number of benzene rings is 1. The van der Waals surface area contributed by atoms with Crippen LogP contribution in [-0.4, -0.2) is 37.6 Å². The Hall–Kier alpha value is -2.61. The van der Waals surface area contributed by atoms with E-state index >= 15 is 0 Å². The Kier molecular flexibility index (Phi) is 3.69. The van der Waals surface area contributed by atoms with E-state index in [0.29, 0.717) is 12.3 Å². The maximum atomic E-state index is 11.8. The van der Waals surface area contributed by atoms with Gasteiger partial charge in [0, 0.05) is 16.5 Å². The minimum atomic E-state index is -0.492.